The number of hydrogen-bond donors (Lipinski definition) is 0. The van der Waals surface area contributed by atoms with Gasteiger partial charge in [-0.05, 0) is 61.6 Å². The Bertz CT molecular complexity index is 1450. The Labute approximate surface area is 235 Å². The van der Waals surface area contributed by atoms with Gasteiger partial charge >= 0.3 is 0 Å². The van der Waals surface area contributed by atoms with Gasteiger partial charge in [-0.3, -0.25) is 14.6 Å². The number of Topliss-reactive ketones (excluding diaryl/α,β-unsaturated/α-hetero) is 1. The van der Waals surface area contributed by atoms with Crippen LogP contribution in [0.4, 0.5) is 11.4 Å². The molecule has 3 aromatic rings. The molecule has 1 amide bonds. The lowest BCUT2D eigenvalue weighted by Crippen LogP contribution is -2.45. The molecule has 208 valence electrons. The van der Waals surface area contributed by atoms with Gasteiger partial charge in [-0.25, -0.2) is 0 Å². The molecule has 0 bridgehead atoms. The van der Waals surface area contributed by atoms with Gasteiger partial charge in [-0.15, -0.1) is 0 Å². The molecule has 1 saturated carbocycles. The minimum absolute atomic E-state index is 0.0189. The second kappa shape index (κ2) is 11.5. The molecule has 5 rings (SSSR count). The molecule has 0 N–H and O–H groups in total. The maximum atomic E-state index is 14.2. The summed E-state index contributed by atoms with van der Waals surface area (Å²) in [6, 6.07) is 20.6. The van der Waals surface area contributed by atoms with Gasteiger partial charge in [-0.2, -0.15) is 0 Å². The van der Waals surface area contributed by atoms with Gasteiger partial charge in [0, 0.05) is 24.6 Å². The van der Waals surface area contributed by atoms with Crippen molar-refractivity contribution in [2.75, 3.05) is 19.1 Å². The first-order valence-corrected chi connectivity index (χ1v) is 13.8. The van der Waals surface area contributed by atoms with E-state index in [1.807, 2.05) is 73.7 Å². The van der Waals surface area contributed by atoms with E-state index in [9.17, 15) is 9.59 Å². The fourth-order valence-corrected chi connectivity index (χ4v) is 5.86. The topological polar surface area (TPSA) is 77.4 Å². The van der Waals surface area contributed by atoms with Gasteiger partial charge in [0.2, 0.25) is 5.91 Å². The first-order valence-electron chi connectivity index (χ1n) is 13.8. The lowest BCUT2D eigenvalue weighted by Gasteiger charge is -2.39. The summed E-state index contributed by atoms with van der Waals surface area (Å²) in [7, 11) is 3.21. The molecule has 2 aliphatic rings. The fraction of sp³-hybridized carbons (Fsp3) is 0.364. The number of carbonyl (C=O) groups is 2. The Balaban J connectivity index is 1.65. The van der Waals surface area contributed by atoms with E-state index in [1.165, 1.54) is 0 Å². The normalized spacial score (nSPS) is 20.9. The van der Waals surface area contributed by atoms with E-state index < -0.39 is 12.0 Å². The number of hydrogen-bond acceptors (Lipinski definition) is 6. The van der Waals surface area contributed by atoms with Crippen LogP contribution >= 0.6 is 0 Å². The van der Waals surface area contributed by atoms with Crippen LogP contribution < -0.4 is 19.1 Å². The standard InChI is InChI=1S/C33H36N2O5/c1-6-20(2)40-29-14-10-7-11-24(29)33-32-26(34-25-12-8-9-13-27(25)35(33)21(3)36)17-23(18-28(32)37)22-15-16-30(38-4)31(19-22)39-5/h7-16,19-20,23,32-33H,6,17-18H2,1-5H3. The van der Waals surface area contributed by atoms with Crippen LogP contribution in [0.25, 0.3) is 0 Å². The summed E-state index contributed by atoms with van der Waals surface area (Å²) in [4.78, 5) is 34.4. The quantitative estimate of drug-likeness (QED) is 0.328. The summed E-state index contributed by atoms with van der Waals surface area (Å²) >= 11 is 0. The predicted octanol–water partition coefficient (Wildman–Crippen LogP) is 6.82. The van der Waals surface area contributed by atoms with Gasteiger partial charge in [0.25, 0.3) is 0 Å². The third-order valence-corrected chi connectivity index (χ3v) is 7.97. The number of rotatable bonds is 7. The highest BCUT2D eigenvalue weighted by atomic mass is 16.5. The molecular weight excluding hydrogens is 504 g/mol. The Kier molecular flexibility index (Phi) is 7.92. The third kappa shape index (κ3) is 5.08. The first-order chi connectivity index (χ1) is 19.4. The molecule has 0 spiro atoms. The Morgan fingerprint density at radius 2 is 1.70 bits per heavy atom. The molecule has 0 aromatic heterocycles. The van der Waals surface area contributed by atoms with Crippen molar-refractivity contribution in [1.29, 1.82) is 0 Å². The van der Waals surface area contributed by atoms with Crippen molar-refractivity contribution >= 4 is 28.8 Å². The zero-order valence-corrected chi connectivity index (χ0v) is 23.7. The summed E-state index contributed by atoms with van der Waals surface area (Å²) in [5.74, 6) is 1.16. The molecule has 1 heterocycles. The lowest BCUT2D eigenvalue weighted by atomic mass is 9.72. The smallest absolute Gasteiger partial charge is 0.224 e. The van der Waals surface area contributed by atoms with Gasteiger partial charge in [0.15, 0.2) is 11.5 Å². The molecule has 7 nitrogen and oxygen atoms in total. The van der Waals surface area contributed by atoms with E-state index >= 15 is 0 Å². The minimum Gasteiger partial charge on any atom is -0.493 e. The Morgan fingerprint density at radius 1 is 0.975 bits per heavy atom. The largest absolute Gasteiger partial charge is 0.493 e. The number of para-hydroxylation sites is 3. The van der Waals surface area contributed by atoms with E-state index in [4.69, 9.17) is 19.2 Å². The predicted molar refractivity (Wildman–Crippen MR) is 156 cm³/mol. The molecule has 0 radical (unpaired) electrons. The van der Waals surface area contributed by atoms with Crippen molar-refractivity contribution in [2.24, 2.45) is 10.9 Å². The number of nitrogens with zero attached hydrogens (tertiary/aromatic N) is 2. The SMILES string of the molecule is CCC(C)Oc1ccccc1C1C2C(=O)CC(c3ccc(OC)c(OC)c3)CC2=Nc2ccccc2N1C(C)=O. The van der Waals surface area contributed by atoms with E-state index in [0.29, 0.717) is 41.5 Å². The number of anilines is 1. The molecule has 1 aliphatic heterocycles. The maximum Gasteiger partial charge on any atom is 0.224 e. The van der Waals surface area contributed by atoms with Crippen LogP contribution in [0.15, 0.2) is 71.7 Å². The third-order valence-electron chi connectivity index (χ3n) is 7.97. The highest BCUT2D eigenvalue weighted by Crippen LogP contribution is 2.49. The van der Waals surface area contributed by atoms with Crippen molar-refractivity contribution in [3.63, 3.8) is 0 Å². The summed E-state index contributed by atoms with van der Waals surface area (Å²) in [6.07, 6.45) is 1.72. The second-order valence-corrected chi connectivity index (χ2v) is 10.5. The van der Waals surface area contributed by atoms with E-state index in [1.54, 1.807) is 26.0 Å². The molecule has 4 unspecified atom stereocenters. The van der Waals surface area contributed by atoms with Crippen LogP contribution in [0, 0.1) is 5.92 Å². The summed E-state index contributed by atoms with van der Waals surface area (Å²) in [5.41, 5.74) is 3.95. The Morgan fingerprint density at radius 3 is 2.42 bits per heavy atom. The maximum absolute atomic E-state index is 14.2. The van der Waals surface area contributed by atoms with Gasteiger partial charge in [0.05, 0.1) is 43.7 Å². The van der Waals surface area contributed by atoms with Crippen LogP contribution in [0.5, 0.6) is 17.2 Å². The average Bonchev–Trinajstić information content (AvgIpc) is 3.11. The molecule has 1 fully saturated rings. The van der Waals surface area contributed by atoms with E-state index in [-0.39, 0.29) is 23.7 Å². The highest BCUT2D eigenvalue weighted by molar-refractivity contribution is 6.13. The zero-order chi connectivity index (χ0) is 28.4. The number of ether oxygens (including phenoxy) is 3. The van der Waals surface area contributed by atoms with E-state index in [0.717, 1.165) is 23.3 Å². The first kappa shape index (κ1) is 27.4. The van der Waals surface area contributed by atoms with Crippen LogP contribution in [0.3, 0.4) is 0 Å². The number of fused-ring (bicyclic) bond motifs is 2. The highest BCUT2D eigenvalue weighted by Gasteiger charge is 2.46. The van der Waals surface area contributed by atoms with Crippen molar-refractivity contribution in [3.8, 4) is 17.2 Å². The number of carbonyl (C=O) groups excluding carboxylic acids is 2. The van der Waals surface area contributed by atoms with Crippen molar-refractivity contribution < 1.29 is 23.8 Å². The van der Waals surface area contributed by atoms with Crippen molar-refractivity contribution in [2.45, 2.75) is 58.1 Å². The van der Waals surface area contributed by atoms with Crippen LogP contribution in [-0.2, 0) is 9.59 Å². The Hall–Kier alpha value is -4.13. The number of amides is 1. The van der Waals surface area contributed by atoms with Crippen molar-refractivity contribution in [1.82, 2.24) is 0 Å². The number of benzene rings is 3. The number of methoxy groups -OCH3 is 2. The summed E-state index contributed by atoms with van der Waals surface area (Å²) in [6.45, 7) is 5.64. The molecule has 0 saturated heterocycles. The van der Waals surface area contributed by atoms with Gasteiger partial charge < -0.3 is 19.1 Å². The minimum atomic E-state index is -0.602. The molecule has 40 heavy (non-hydrogen) atoms. The lowest BCUT2D eigenvalue weighted by molar-refractivity contribution is -0.123. The number of ketones is 1. The fourth-order valence-electron chi connectivity index (χ4n) is 5.86. The van der Waals surface area contributed by atoms with Crippen LogP contribution in [-0.4, -0.2) is 37.7 Å². The second-order valence-electron chi connectivity index (χ2n) is 10.5. The molecule has 3 aromatic carbocycles. The molecular formula is C33H36N2O5. The van der Waals surface area contributed by atoms with Crippen LogP contribution in [0.2, 0.25) is 0 Å². The molecule has 1 aliphatic carbocycles. The van der Waals surface area contributed by atoms with Gasteiger partial charge in [0.1, 0.15) is 11.5 Å². The molecule has 4 atom stereocenters. The molecule has 7 heteroatoms. The van der Waals surface area contributed by atoms with Crippen LogP contribution in [0.1, 0.15) is 63.1 Å². The number of aliphatic imine (C=N–C) groups is 1. The van der Waals surface area contributed by atoms with Gasteiger partial charge in [-0.1, -0.05) is 43.3 Å². The summed E-state index contributed by atoms with van der Waals surface area (Å²) in [5, 5.41) is 0. The summed E-state index contributed by atoms with van der Waals surface area (Å²) < 4.78 is 17.3. The van der Waals surface area contributed by atoms with E-state index in [2.05, 4.69) is 6.92 Å². The monoisotopic (exact) mass is 540 g/mol. The van der Waals surface area contributed by atoms with Crippen molar-refractivity contribution in [3.05, 3.63) is 77.9 Å². The average molecular weight is 541 g/mol. The zero-order valence-electron chi connectivity index (χ0n) is 23.7.